The van der Waals surface area contributed by atoms with E-state index < -0.39 is 0 Å². The van der Waals surface area contributed by atoms with Crippen molar-refractivity contribution in [3.8, 4) is 5.75 Å². The van der Waals surface area contributed by atoms with Gasteiger partial charge in [0.25, 0.3) is 0 Å². The van der Waals surface area contributed by atoms with E-state index in [1.807, 2.05) is 30.3 Å². The second-order valence-corrected chi connectivity index (χ2v) is 6.43. The summed E-state index contributed by atoms with van der Waals surface area (Å²) < 4.78 is 19.4. The minimum Gasteiger partial charge on any atom is -0.488 e. The zero-order valence-electron chi connectivity index (χ0n) is 15.3. The number of urea groups is 1. The molecule has 7 heteroatoms. The molecule has 0 saturated heterocycles. The number of anilines is 4. The van der Waals surface area contributed by atoms with Crippen molar-refractivity contribution < 1.29 is 13.9 Å². The Kier molecular flexibility index (Phi) is 4.80. The van der Waals surface area contributed by atoms with Crippen LogP contribution in [0.15, 0.2) is 60.8 Å². The Bertz CT molecular complexity index is 1010. The molecule has 0 aliphatic carbocycles. The fourth-order valence-electron chi connectivity index (χ4n) is 2.91. The molecule has 1 aliphatic rings. The zero-order valence-corrected chi connectivity index (χ0v) is 15.3. The third-order valence-corrected chi connectivity index (χ3v) is 4.39. The van der Waals surface area contributed by atoms with Gasteiger partial charge in [-0.1, -0.05) is 24.3 Å². The Labute approximate surface area is 162 Å². The molecule has 0 atom stereocenters. The second-order valence-electron chi connectivity index (χ2n) is 6.43. The van der Waals surface area contributed by atoms with E-state index in [2.05, 4.69) is 15.6 Å². The molecule has 2 aromatic carbocycles. The number of carbonyl (C=O) groups is 1. The van der Waals surface area contributed by atoms with Gasteiger partial charge < -0.3 is 15.4 Å². The number of hydrogen-bond acceptors (Lipinski definition) is 4. The van der Waals surface area contributed by atoms with E-state index in [0.717, 1.165) is 0 Å². The molecule has 2 heterocycles. The highest BCUT2D eigenvalue weighted by Gasteiger charge is 2.25. The lowest BCUT2D eigenvalue weighted by atomic mass is 10.2. The molecule has 0 fully saturated rings. The summed E-state index contributed by atoms with van der Waals surface area (Å²) in [6.07, 6.45) is 1.59. The number of halogens is 1. The average molecular weight is 378 g/mol. The van der Waals surface area contributed by atoms with Gasteiger partial charge in [-0.05, 0) is 36.8 Å². The number of ether oxygens (including phenoxy) is 1. The molecule has 1 aliphatic heterocycles. The number of pyridine rings is 1. The minimum absolute atomic E-state index is 0.274. The molecule has 0 unspecified atom stereocenters. The van der Waals surface area contributed by atoms with Gasteiger partial charge in [0.05, 0.1) is 18.4 Å². The van der Waals surface area contributed by atoms with E-state index in [9.17, 15) is 9.18 Å². The monoisotopic (exact) mass is 378 g/mol. The Balaban J connectivity index is 1.53. The summed E-state index contributed by atoms with van der Waals surface area (Å²) in [7, 11) is 0. The van der Waals surface area contributed by atoms with Crippen molar-refractivity contribution in [1.29, 1.82) is 0 Å². The number of aromatic nitrogens is 1. The van der Waals surface area contributed by atoms with Crippen LogP contribution in [-0.4, -0.2) is 24.2 Å². The lowest BCUT2D eigenvalue weighted by Crippen LogP contribution is -2.41. The smallest absolute Gasteiger partial charge is 0.327 e. The van der Waals surface area contributed by atoms with Crippen molar-refractivity contribution in [3.05, 3.63) is 72.2 Å². The van der Waals surface area contributed by atoms with Gasteiger partial charge in [-0.25, -0.2) is 14.2 Å². The van der Waals surface area contributed by atoms with Crippen molar-refractivity contribution in [2.45, 2.75) is 6.92 Å². The summed E-state index contributed by atoms with van der Waals surface area (Å²) in [6, 6.07) is 15.6. The molecular weight excluding hydrogens is 359 g/mol. The number of carbonyl (C=O) groups excluding carboxylic acids is 1. The summed E-state index contributed by atoms with van der Waals surface area (Å²) in [5.41, 5.74) is 2.55. The first kappa shape index (κ1) is 17.8. The highest BCUT2D eigenvalue weighted by Crippen LogP contribution is 2.33. The molecule has 0 bridgehead atoms. The lowest BCUT2D eigenvalue weighted by Gasteiger charge is -2.28. The van der Waals surface area contributed by atoms with Crippen LogP contribution >= 0.6 is 0 Å². The number of rotatable bonds is 3. The van der Waals surface area contributed by atoms with Gasteiger partial charge in [-0.3, -0.25) is 4.90 Å². The van der Waals surface area contributed by atoms with Gasteiger partial charge in [0.1, 0.15) is 12.4 Å². The standard InChI is InChI=1S/C21H19FN4O2/c1-14-7-8-16(11-18(14)22)24-17-12-19-20(23-13-17)26(9-10-28-19)21(27)25-15-5-3-2-4-6-15/h2-8,11-13,24H,9-10H2,1H3,(H,25,27). The first-order valence-electron chi connectivity index (χ1n) is 8.90. The molecule has 0 spiro atoms. The summed E-state index contributed by atoms with van der Waals surface area (Å²) in [5, 5.41) is 5.96. The van der Waals surface area contributed by atoms with Gasteiger partial charge in [0, 0.05) is 17.4 Å². The predicted molar refractivity (Wildman–Crippen MR) is 107 cm³/mol. The maximum absolute atomic E-state index is 13.7. The number of nitrogens with zero attached hydrogens (tertiary/aromatic N) is 2. The third-order valence-electron chi connectivity index (χ3n) is 4.39. The molecule has 1 aromatic heterocycles. The molecule has 2 N–H and O–H groups in total. The first-order chi connectivity index (χ1) is 13.6. The van der Waals surface area contributed by atoms with Gasteiger partial charge in [-0.2, -0.15) is 0 Å². The van der Waals surface area contributed by atoms with Crippen molar-refractivity contribution in [2.24, 2.45) is 0 Å². The number of amides is 2. The first-order valence-corrected chi connectivity index (χ1v) is 8.90. The minimum atomic E-state index is -0.282. The van der Waals surface area contributed by atoms with Crippen LogP contribution in [0, 0.1) is 12.7 Å². The third kappa shape index (κ3) is 3.73. The molecule has 0 radical (unpaired) electrons. The van der Waals surface area contributed by atoms with Crippen molar-refractivity contribution in [1.82, 2.24) is 4.98 Å². The van der Waals surface area contributed by atoms with Crippen LogP contribution < -0.4 is 20.3 Å². The van der Waals surface area contributed by atoms with E-state index in [4.69, 9.17) is 4.74 Å². The van der Waals surface area contributed by atoms with Crippen LogP contribution in [0.25, 0.3) is 0 Å². The molecule has 142 valence electrons. The lowest BCUT2D eigenvalue weighted by molar-refractivity contribution is 0.249. The Morgan fingerprint density at radius 1 is 1.11 bits per heavy atom. The van der Waals surface area contributed by atoms with Crippen LogP contribution in [0.2, 0.25) is 0 Å². The number of nitrogens with one attached hydrogen (secondary N) is 2. The summed E-state index contributed by atoms with van der Waals surface area (Å²) in [5.74, 6) is 0.656. The van der Waals surface area contributed by atoms with Gasteiger partial charge in [-0.15, -0.1) is 0 Å². The van der Waals surface area contributed by atoms with Crippen molar-refractivity contribution >= 4 is 28.9 Å². The van der Waals surface area contributed by atoms with Crippen molar-refractivity contribution in [2.75, 3.05) is 28.7 Å². The van der Waals surface area contributed by atoms with Gasteiger partial charge in [0.2, 0.25) is 0 Å². The number of para-hydroxylation sites is 1. The van der Waals surface area contributed by atoms with Crippen LogP contribution in [0.5, 0.6) is 5.75 Å². The highest BCUT2D eigenvalue weighted by molar-refractivity contribution is 6.02. The Morgan fingerprint density at radius 2 is 1.93 bits per heavy atom. The largest absolute Gasteiger partial charge is 0.488 e. The van der Waals surface area contributed by atoms with Gasteiger partial charge in [0.15, 0.2) is 11.6 Å². The quantitative estimate of drug-likeness (QED) is 0.693. The summed E-state index contributed by atoms with van der Waals surface area (Å²) in [6.45, 7) is 2.47. The molecule has 2 amide bonds. The normalized spacial score (nSPS) is 12.7. The van der Waals surface area contributed by atoms with E-state index in [0.29, 0.717) is 47.3 Å². The number of benzene rings is 2. The predicted octanol–water partition coefficient (Wildman–Crippen LogP) is 4.70. The average Bonchev–Trinajstić information content (AvgIpc) is 2.71. The van der Waals surface area contributed by atoms with Gasteiger partial charge >= 0.3 is 6.03 Å². The van der Waals surface area contributed by atoms with Crippen LogP contribution in [0.3, 0.4) is 0 Å². The summed E-state index contributed by atoms with van der Waals surface area (Å²) in [4.78, 5) is 18.6. The number of hydrogen-bond donors (Lipinski definition) is 2. The Hall–Kier alpha value is -3.61. The SMILES string of the molecule is Cc1ccc(Nc2cnc3c(c2)OCCN3C(=O)Nc2ccccc2)cc1F. The highest BCUT2D eigenvalue weighted by atomic mass is 19.1. The topological polar surface area (TPSA) is 66.5 Å². The maximum atomic E-state index is 13.7. The van der Waals surface area contributed by atoms with Crippen LogP contribution in [-0.2, 0) is 0 Å². The fraction of sp³-hybridized carbons (Fsp3) is 0.143. The molecule has 28 heavy (non-hydrogen) atoms. The van der Waals surface area contributed by atoms with Crippen LogP contribution in [0.4, 0.5) is 32.1 Å². The molecule has 6 nitrogen and oxygen atoms in total. The molecular formula is C21H19FN4O2. The maximum Gasteiger partial charge on any atom is 0.327 e. The zero-order chi connectivity index (χ0) is 19.5. The molecule has 0 saturated carbocycles. The van der Waals surface area contributed by atoms with Crippen LogP contribution in [0.1, 0.15) is 5.56 Å². The molecule has 4 rings (SSSR count). The van der Waals surface area contributed by atoms with E-state index >= 15 is 0 Å². The number of fused-ring (bicyclic) bond motifs is 1. The fourth-order valence-corrected chi connectivity index (χ4v) is 2.91. The van der Waals surface area contributed by atoms with E-state index in [1.54, 1.807) is 36.2 Å². The van der Waals surface area contributed by atoms with E-state index in [-0.39, 0.29) is 11.8 Å². The Morgan fingerprint density at radius 3 is 2.71 bits per heavy atom. The molecule has 3 aromatic rings. The second kappa shape index (κ2) is 7.56. The van der Waals surface area contributed by atoms with E-state index in [1.165, 1.54) is 6.07 Å². The van der Waals surface area contributed by atoms with Crippen molar-refractivity contribution in [3.63, 3.8) is 0 Å². The summed E-state index contributed by atoms with van der Waals surface area (Å²) >= 11 is 0. The number of aryl methyl sites for hydroxylation is 1.